The molecule has 8 nitrogen and oxygen atoms in total. The number of thioether (sulfide) groups is 1. The van der Waals surface area contributed by atoms with Crippen LogP contribution in [0, 0.1) is 13.8 Å². The quantitative estimate of drug-likeness (QED) is 0.175. The second kappa shape index (κ2) is 10.8. The van der Waals surface area contributed by atoms with Gasteiger partial charge >= 0.3 is 0 Å². The van der Waals surface area contributed by atoms with Crippen LogP contribution in [-0.2, 0) is 16.1 Å². The number of hydrogen-bond donors (Lipinski definition) is 2. The summed E-state index contributed by atoms with van der Waals surface area (Å²) in [6, 6.07) is 19.0. The molecule has 2 heterocycles. The van der Waals surface area contributed by atoms with Gasteiger partial charge in [0.1, 0.15) is 6.54 Å². The molecule has 172 valence electrons. The molecule has 2 aromatic heterocycles. The first-order chi connectivity index (χ1) is 16.5. The van der Waals surface area contributed by atoms with Gasteiger partial charge in [-0.25, -0.2) is 15.4 Å². The molecule has 2 amide bonds. The van der Waals surface area contributed by atoms with Crippen LogP contribution in [-0.4, -0.2) is 38.3 Å². The second-order valence-corrected chi connectivity index (χ2v) is 8.60. The molecule has 0 saturated heterocycles. The number of fused-ring (bicyclic) bond motifs is 1. The molecule has 2 N–H and O–H groups in total. The number of aryl methyl sites for hydroxylation is 2. The van der Waals surface area contributed by atoms with E-state index in [0.29, 0.717) is 5.16 Å². The van der Waals surface area contributed by atoms with Crippen LogP contribution >= 0.6 is 11.8 Å². The first-order valence-corrected chi connectivity index (χ1v) is 11.7. The molecule has 0 fully saturated rings. The van der Waals surface area contributed by atoms with E-state index in [1.54, 1.807) is 6.21 Å². The van der Waals surface area contributed by atoms with Crippen molar-refractivity contribution in [3.63, 3.8) is 0 Å². The van der Waals surface area contributed by atoms with Crippen molar-refractivity contribution >= 4 is 46.4 Å². The van der Waals surface area contributed by atoms with Gasteiger partial charge in [0.25, 0.3) is 5.91 Å². The first-order valence-electron chi connectivity index (χ1n) is 10.7. The summed E-state index contributed by atoms with van der Waals surface area (Å²) in [6.45, 7) is 3.94. The molecule has 0 radical (unpaired) electrons. The molecule has 9 heteroatoms. The smallest absolute Gasteiger partial charge is 0.250 e. The lowest BCUT2D eigenvalue weighted by atomic mass is 10.2. The minimum Gasteiger partial charge on any atom is -0.337 e. The molecule has 4 aromatic rings. The third-order valence-electron chi connectivity index (χ3n) is 4.88. The fourth-order valence-electron chi connectivity index (χ4n) is 3.48. The molecular formula is C25H24N6O2S. The van der Waals surface area contributed by atoms with Crippen molar-refractivity contribution in [1.82, 2.24) is 20.0 Å². The van der Waals surface area contributed by atoms with Crippen LogP contribution in [0.25, 0.3) is 10.9 Å². The summed E-state index contributed by atoms with van der Waals surface area (Å²) in [5, 5.41) is 8.50. The Morgan fingerprint density at radius 3 is 2.47 bits per heavy atom. The maximum Gasteiger partial charge on any atom is 0.250 e. The maximum atomic E-state index is 12.5. The van der Waals surface area contributed by atoms with Gasteiger partial charge in [-0.15, -0.1) is 0 Å². The summed E-state index contributed by atoms with van der Waals surface area (Å²) < 4.78 is 1.87. The third-order valence-corrected chi connectivity index (χ3v) is 5.73. The average Bonchev–Trinajstić information content (AvgIpc) is 3.15. The van der Waals surface area contributed by atoms with Crippen molar-refractivity contribution in [1.29, 1.82) is 0 Å². The number of hydrazone groups is 1. The summed E-state index contributed by atoms with van der Waals surface area (Å²) in [7, 11) is 0. The van der Waals surface area contributed by atoms with Crippen molar-refractivity contribution in [3.05, 3.63) is 83.8 Å². The Labute approximate surface area is 201 Å². The molecule has 0 spiro atoms. The Kier molecular flexibility index (Phi) is 7.34. The van der Waals surface area contributed by atoms with Crippen LogP contribution in [0.2, 0.25) is 0 Å². The molecule has 4 rings (SSSR count). The van der Waals surface area contributed by atoms with Gasteiger partial charge in [0, 0.05) is 39.7 Å². The molecule has 0 atom stereocenters. The molecule has 2 aromatic carbocycles. The molecule has 0 aliphatic heterocycles. The largest absolute Gasteiger partial charge is 0.337 e. The highest BCUT2D eigenvalue weighted by Crippen LogP contribution is 2.20. The van der Waals surface area contributed by atoms with Gasteiger partial charge in [0.05, 0.1) is 12.0 Å². The van der Waals surface area contributed by atoms with Gasteiger partial charge in [0.2, 0.25) is 5.91 Å². The maximum absolute atomic E-state index is 12.5. The molecule has 0 aliphatic carbocycles. The summed E-state index contributed by atoms with van der Waals surface area (Å²) in [6.07, 6.45) is 3.44. The van der Waals surface area contributed by atoms with Gasteiger partial charge in [-0.3, -0.25) is 9.59 Å². The lowest BCUT2D eigenvalue weighted by Gasteiger charge is -2.07. The van der Waals surface area contributed by atoms with Crippen LogP contribution in [0.3, 0.4) is 0 Å². The van der Waals surface area contributed by atoms with Crippen LogP contribution < -0.4 is 10.7 Å². The van der Waals surface area contributed by atoms with Crippen LogP contribution in [0.5, 0.6) is 0 Å². The molecule has 0 saturated carbocycles. The second-order valence-electron chi connectivity index (χ2n) is 7.66. The number of benzene rings is 2. The van der Waals surface area contributed by atoms with E-state index in [4.69, 9.17) is 0 Å². The number of carbonyl (C=O) groups is 2. The van der Waals surface area contributed by atoms with E-state index in [1.165, 1.54) is 11.8 Å². The number of carbonyl (C=O) groups excluding carboxylic acids is 2. The topological polar surface area (TPSA) is 101 Å². The Hall–Kier alpha value is -3.98. The standard InChI is InChI=1S/C25H24N6O2S/c1-17-12-18(2)28-25(27-17)34-16-24(33)30-26-13-19-14-31(22-11-7-6-10-21(19)22)15-23(32)29-20-8-4-3-5-9-20/h3-14H,15-16H2,1-2H3,(H,29,32)(H,30,33)/b26-13-. The predicted octanol–water partition coefficient (Wildman–Crippen LogP) is 3.93. The Balaban J connectivity index is 1.39. The summed E-state index contributed by atoms with van der Waals surface area (Å²) >= 11 is 1.26. The van der Waals surface area contributed by atoms with E-state index >= 15 is 0 Å². The zero-order chi connectivity index (χ0) is 23.9. The van der Waals surface area contributed by atoms with Crippen molar-refractivity contribution < 1.29 is 9.59 Å². The number of amides is 2. The fourth-order valence-corrected chi connectivity index (χ4v) is 4.22. The zero-order valence-corrected chi connectivity index (χ0v) is 19.7. The fraction of sp³-hybridized carbons (Fsp3) is 0.160. The van der Waals surface area contributed by atoms with E-state index in [1.807, 2.05) is 85.3 Å². The normalized spacial score (nSPS) is 11.1. The summed E-state index contributed by atoms with van der Waals surface area (Å²) in [4.78, 5) is 33.4. The van der Waals surface area contributed by atoms with Gasteiger partial charge < -0.3 is 9.88 Å². The summed E-state index contributed by atoms with van der Waals surface area (Å²) in [5.74, 6) is -0.230. The van der Waals surface area contributed by atoms with Gasteiger partial charge in [0.15, 0.2) is 5.16 Å². The highest BCUT2D eigenvalue weighted by Gasteiger charge is 2.11. The number of para-hydroxylation sites is 2. The molecular weight excluding hydrogens is 448 g/mol. The Morgan fingerprint density at radius 1 is 1.00 bits per heavy atom. The lowest BCUT2D eigenvalue weighted by molar-refractivity contribution is -0.118. The van der Waals surface area contributed by atoms with E-state index in [2.05, 4.69) is 25.8 Å². The summed E-state index contributed by atoms with van der Waals surface area (Å²) in [5.41, 5.74) is 6.72. The van der Waals surface area contributed by atoms with Crippen LogP contribution in [0.4, 0.5) is 5.69 Å². The van der Waals surface area contributed by atoms with Crippen molar-refractivity contribution in [2.24, 2.45) is 5.10 Å². The number of hydrogen-bond acceptors (Lipinski definition) is 6. The number of nitrogens with one attached hydrogen (secondary N) is 2. The van der Waals surface area contributed by atoms with Crippen LogP contribution in [0.15, 0.2) is 77.1 Å². The Morgan fingerprint density at radius 2 is 1.71 bits per heavy atom. The van der Waals surface area contributed by atoms with E-state index in [9.17, 15) is 9.59 Å². The molecule has 0 bridgehead atoms. The van der Waals surface area contributed by atoms with E-state index in [-0.39, 0.29) is 24.1 Å². The average molecular weight is 473 g/mol. The van der Waals surface area contributed by atoms with Crippen LogP contribution in [0.1, 0.15) is 17.0 Å². The molecule has 34 heavy (non-hydrogen) atoms. The first kappa shape index (κ1) is 23.2. The zero-order valence-electron chi connectivity index (χ0n) is 18.9. The van der Waals surface area contributed by atoms with Gasteiger partial charge in [-0.1, -0.05) is 48.2 Å². The minimum absolute atomic E-state index is 0.130. The molecule has 0 aliphatic rings. The Bertz CT molecular complexity index is 1330. The SMILES string of the molecule is Cc1cc(C)nc(SCC(=O)N/N=C\c2cn(CC(=O)Nc3ccccc3)c3ccccc23)n1. The lowest BCUT2D eigenvalue weighted by Crippen LogP contribution is -2.20. The monoisotopic (exact) mass is 472 g/mol. The number of aromatic nitrogens is 3. The third kappa shape index (κ3) is 6.08. The van der Waals surface area contributed by atoms with Gasteiger partial charge in [-0.2, -0.15) is 5.10 Å². The van der Waals surface area contributed by atoms with Crippen molar-refractivity contribution in [2.45, 2.75) is 25.5 Å². The van der Waals surface area contributed by atoms with E-state index in [0.717, 1.165) is 33.5 Å². The molecule has 0 unspecified atom stereocenters. The number of rotatable bonds is 8. The predicted molar refractivity (Wildman–Crippen MR) is 135 cm³/mol. The number of nitrogens with zero attached hydrogens (tertiary/aromatic N) is 4. The highest BCUT2D eigenvalue weighted by molar-refractivity contribution is 7.99. The number of anilines is 1. The minimum atomic E-state index is -0.255. The van der Waals surface area contributed by atoms with Crippen molar-refractivity contribution in [2.75, 3.05) is 11.1 Å². The van der Waals surface area contributed by atoms with E-state index < -0.39 is 0 Å². The highest BCUT2D eigenvalue weighted by atomic mass is 32.2. The van der Waals surface area contributed by atoms with Crippen molar-refractivity contribution in [3.8, 4) is 0 Å². The van der Waals surface area contributed by atoms with Gasteiger partial charge in [-0.05, 0) is 38.1 Å².